The molecule has 1 unspecified atom stereocenters. The lowest BCUT2D eigenvalue weighted by Gasteiger charge is -2.25. The van der Waals surface area contributed by atoms with Crippen molar-refractivity contribution in [1.82, 2.24) is 4.90 Å². The maximum Gasteiger partial charge on any atom is 0.414 e. The predicted molar refractivity (Wildman–Crippen MR) is 110 cm³/mol. The van der Waals surface area contributed by atoms with E-state index < -0.39 is 6.09 Å². The zero-order valence-electron chi connectivity index (χ0n) is 17.4. The van der Waals surface area contributed by atoms with Crippen LogP contribution < -0.4 is 0 Å². The molecule has 0 aromatic heterocycles. The fourth-order valence-corrected chi connectivity index (χ4v) is 2.58. The zero-order valence-corrected chi connectivity index (χ0v) is 17.4. The van der Waals surface area contributed by atoms with E-state index in [0.29, 0.717) is 25.0 Å². The van der Waals surface area contributed by atoms with E-state index in [1.807, 2.05) is 64.1 Å². The van der Waals surface area contributed by atoms with E-state index in [1.54, 1.807) is 20.3 Å². The molecule has 0 aliphatic carbocycles. The summed E-state index contributed by atoms with van der Waals surface area (Å²) in [4.78, 5) is 29.8. The molecule has 0 heterocycles. The Kier molecular flexibility index (Phi) is 8.92. The third-order valence-corrected chi connectivity index (χ3v) is 3.99. The van der Waals surface area contributed by atoms with Gasteiger partial charge in [-0.3, -0.25) is 9.79 Å². The molecule has 0 saturated heterocycles. The van der Waals surface area contributed by atoms with Crippen LogP contribution in [0.4, 0.5) is 4.79 Å². The number of nitrogens with zero attached hydrogens (tertiary/aromatic N) is 2. The molecule has 0 spiro atoms. The maximum atomic E-state index is 12.0. The summed E-state index contributed by atoms with van der Waals surface area (Å²) >= 11 is 0. The van der Waals surface area contributed by atoms with Crippen molar-refractivity contribution in [2.45, 2.75) is 53.0 Å². The molecule has 0 bridgehead atoms. The van der Waals surface area contributed by atoms with Crippen LogP contribution in [0.2, 0.25) is 0 Å². The second-order valence-electron chi connectivity index (χ2n) is 7.73. The Morgan fingerprint density at radius 1 is 1.19 bits per heavy atom. The van der Waals surface area contributed by atoms with Crippen molar-refractivity contribution >= 4 is 18.1 Å². The number of amides is 1. The van der Waals surface area contributed by atoms with Crippen LogP contribution in [0.1, 0.15) is 52.5 Å². The number of hydrogen-bond acceptors (Lipinski definition) is 4. The van der Waals surface area contributed by atoms with Gasteiger partial charge in [-0.2, -0.15) is 0 Å². The summed E-state index contributed by atoms with van der Waals surface area (Å²) in [5.74, 6) is 0.744. The molecule has 5 heteroatoms. The molecule has 1 amide bonds. The van der Waals surface area contributed by atoms with E-state index in [2.05, 4.69) is 4.99 Å². The lowest BCUT2D eigenvalue weighted by atomic mass is 9.82. The smallest absolute Gasteiger partial charge is 0.414 e. The number of ether oxygens (including phenoxy) is 1. The molecule has 0 radical (unpaired) electrons. The van der Waals surface area contributed by atoms with Gasteiger partial charge in [-0.15, -0.1) is 0 Å². The zero-order chi connectivity index (χ0) is 20.4. The number of carbonyl (C=O) groups is 2. The molecule has 1 rings (SSSR count). The molecule has 27 heavy (non-hydrogen) atoms. The van der Waals surface area contributed by atoms with Gasteiger partial charge in [0.2, 0.25) is 0 Å². The standard InChI is InChI=1S/C22H32N2O3/c1-7-19(25)14-22(3,4)15-20(27-21(26)24(5)6)13-17(2)23-16-18-11-9-8-10-12-18/h8-13,16-17H,7,14-15H2,1-6H3/b20-13-,23-16?. The summed E-state index contributed by atoms with van der Waals surface area (Å²) in [6.45, 7) is 7.82. The molecule has 0 aliphatic heterocycles. The molecule has 148 valence electrons. The van der Waals surface area contributed by atoms with Crippen LogP contribution in [0.15, 0.2) is 47.2 Å². The van der Waals surface area contributed by atoms with E-state index in [1.165, 1.54) is 4.90 Å². The minimum Gasteiger partial charge on any atom is -0.415 e. The van der Waals surface area contributed by atoms with Gasteiger partial charge in [0, 0.05) is 39.6 Å². The normalized spacial score (nSPS) is 13.5. The first-order valence-corrected chi connectivity index (χ1v) is 9.32. The van der Waals surface area contributed by atoms with Crippen LogP contribution in [0.25, 0.3) is 0 Å². The molecule has 1 atom stereocenters. The Morgan fingerprint density at radius 3 is 2.37 bits per heavy atom. The van der Waals surface area contributed by atoms with Crippen LogP contribution in [-0.4, -0.2) is 43.1 Å². The number of ketones is 1. The van der Waals surface area contributed by atoms with Gasteiger partial charge in [-0.1, -0.05) is 51.1 Å². The molecule has 5 nitrogen and oxygen atoms in total. The average Bonchev–Trinajstić information content (AvgIpc) is 2.59. The summed E-state index contributed by atoms with van der Waals surface area (Å²) < 4.78 is 5.55. The summed E-state index contributed by atoms with van der Waals surface area (Å²) in [6, 6.07) is 9.67. The number of aliphatic imine (C=N–C) groups is 1. The van der Waals surface area contributed by atoms with Gasteiger partial charge in [0.1, 0.15) is 11.5 Å². The highest BCUT2D eigenvalue weighted by Crippen LogP contribution is 2.31. The quantitative estimate of drug-likeness (QED) is 0.459. The Bertz CT molecular complexity index is 676. The predicted octanol–water partition coefficient (Wildman–Crippen LogP) is 4.86. The first kappa shape index (κ1) is 22.6. The fourth-order valence-electron chi connectivity index (χ4n) is 2.58. The molecule has 1 aromatic carbocycles. The van der Waals surface area contributed by atoms with Gasteiger partial charge in [0.15, 0.2) is 0 Å². The van der Waals surface area contributed by atoms with E-state index in [-0.39, 0.29) is 17.2 Å². The first-order chi connectivity index (χ1) is 12.6. The van der Waals surface area contributed by atoms with Crippen LogP contribution in [0, 0.1) is 5.41 Å². The van der Waals surface area contributed by atoms with Gasteiger partial charge in [0.05, 0.1) is 6.04 Å². The lowest BCUT2D eigenvalue weighted by Crippen LogP contribution is -2.25. The summed E-state index contributed by atoms with van der Waals surface area (Å²) in [7, 11) is 3.28. The van der Waals surface area contributed by atoms with Gasteiger partial charge in [-0.05, 0) is 24.0 Å². The number of rotatable bonds is 9. The lowest BCUT2D eigenvalue weighted by molar-refractivity contribution is -0.120. The van der Waals surface area contributed by atoms with Crippen LogP contribution >= 0.6 is 0 Å². The number of Topliss-reactive ketones (excluding diaryl/α,β-unsaturated/α-hetero) is 1. The van der Waals surface area contributed by atoms with E-state index in [9.17, 15) is 9.59 Å². The van der Waals surface area contributed by atoms with Crippen molar-refractivity contribution in [1.29, 1.82) is 0 Å². The number of hydrogen-bond donors (Lipinski definition) is 0. The number of allylic oxidation sites excluding steroid dienone is 1. The summed E-state index contributed by atoms with van der Waals surface area (Å²) in [5, 5.41) is 0. The molecule has 1 aromatic rings. The molecule has 0 aliphatic rings. The van der Waals surface area contributed by atoms with Crippen molar-refractivity contribution in [3.8, 4) is 0 Å². The van der Waals surface area contributed by atoms with Crippen LogP contribution in [-0.2, 0) is 9.53 Å². The van der Waals surface area contributed by atoms with Crippen molar-refractivity contribution in [3.63, 3.8) is 0 Å². The minimum atomic E-state index is -0.432. The van der Waals surface area contributed by atoms with Crippen molar-refractivity contribution < 1.29 is 14.3 Å². The summed E-state index contributed by atoms with van der Waals surface area (Å²) in [5.41, 5.74) is 0.715. The Morgan fingerprint density at radius 2 is 1.81 bits per heavy atom. The van der Waals surface area contributed by atoms with E-state index in [0.717, 1.165) is 5.56 Å². The van der Waals surface area contributed by atoms with E-state index in [4.69, 9.17) is 4.74 Å². The Labute approximate surface area is 163 Å². The molecule has 0 fully saturated rings. The molecule has 0 saturated carbocycles. The maximum absolute atomic E-state index is 12.0. The van der Waals surface area contributed by atoms with Crippen molar-refractivity contribution in [3.05, 3.63) is 47.7 Å². The van der Waals surface area contributed by atoms with Crippen molar-refractivity contribution in [2.75, 3.05) is 14.1 Å². The molecular weight excluding hydrogens is 340 g/mol. The first-order valence-electron chi connectivity index (χ1n) is 9.32. The number of carbonyl (C=O) groups excluding carboxylic acids is 2. The van der Waals surface area contributed by atoms with Gasteiger partial charge in [-0.25, -0.2) is 4.79 Å². The van der Waals surface area contributed by atoms with E-state index >= 15 is 0 Å². The van der Waals surface area contributed by atoms with Gasteiger partial charge in [0.25, 0.3) is 0 Å². The highest BCUT2D eigenvalue weighted by molar-refractivity contribution is 5.79. The monoisotopic (exact) mass is 372 g/mol. The molecular formula is C22H32N2O3. The minimum absolute atomic E-state index is 0.159. The average molecular weight is 373 g/mol. The third-order valence-electron chi connectivity index (χ3n) is 3.99. The number of benzene rings is 1. The third kappa shape index (κ3) is 9.18. The van der Waals surface area contributed by atoms with Crippen LogP contribution in [0.3, 0.4) is 0 Å². The summed E-state index contributed by atoms with van der Waals surface area (Å²) in [6.07, 6.45) is 4.67. The SMILES string of the molecule is CCC(=O)CC(C)(C)C/C(=C/C(C)N=Cc1ccccc1)OC(=O)N(C)C. The second kappa shape index (κ2) is 10.7. The van der Waals surface area contributed by atoms with Gasteiger partial charge < -0.3 is 9.64 Å². The second-order valence-corrected chi connectivity index (χ2v) is 7.73. The largest absolute Gasteiger partial charge is 0.415 e. The highest BCUT2D eigenvalue weighted by Gasteiger charge is 2.25. The molecule has 0 N–H and O–H groups in total. The van der Waals surface area contributed by atoms with Gasteiger partial charge >= 0.3 is 6.09 Å². The Hall–Kier alpha value is -2.43. The van der Waals surface area contributed by atoms with Crippen molar-refractivity contribution in [2.24, 2.45) is 10.4 Å². The topological polar surface area (TPSA) is 59.0 Å². The fraction of sp³-hybridized carbons (Fsp3) is 0.500. The highest BCUT2D eigenvalue weighted by atomic mass is 16.6. The van der Waals surface area contributed by atoms with Crippen LogP contribution in [0.5, 0.6) is 0 Å². The Balaban J connectivity index is 2.94.